The second-order valence-corrected chi connectivity index (χ2v) is 5.44. The van der Waals surface area contributed by atoms with Crippen LogP contribution in [-0.4, -0.2) is 53.9 Å². The highest BCUT2D eigenvalue weighted by Crippen LogP contribution is 2.06. The molecule has 1 N–H and O–H groups in total. The molecule has 0 bridgehead atoms. The van der Waals surface area contributed by atoms with Crippen LogP contribution in [0.4, 0.5) is 0 Å². The van der Waals surface area contributed by atoms with Crippen LogP contribution in [0, 0.1) is 0 Å². The van der Waals surface area contributed by atoms with Crippen molar-refractivity contribution < 1.29 is 33.4 Å². The number of Topliss-reactive ketones (excluding diaryl/α,β-unsaturated/α-hetero) is 1. The van der Waals surface area contributed by atoms with Gasteiger partial charge in [0.25, 0.3) is 0 Å². The number of nitrogens with zero attached hydrogens (tertiary/aromatic N) is 2. The largest absolute Gasteiger partial charge is 0.392 e. The smallest absolute Gasteiger partial charge is 0.336 e. The molecule has 140 valence electrons. The van der Waals surface area contributed by atoms with Crippen LogP contribution >= 0.6 is 0 Å². The minimum absolute atomic E-state index is 0.102. The van der Waals surface area contributed by atoms with Crippen molar-refractivity contribution in [1.82, 2.24) is 5.32 Å². The van der Waals surface area contributed by atoms with Crippen LogP contribution in [0.1, 0.15) is 52.4 Å². The van der Waals surface area contributed by atoms with Crippen molar-refractivity contribution in [3.63, 3.8) is 0 Å². The first-order valence-electron chi connectivity index (χ1n) is 8.13. The molecule has 0 spiro atoms. The highest BCUT2D eigenvalue weighted by molar-refractivity contribution is 6.25. The molecule has 0 saturated heterocycles. The van der Waals surface area contributed by atoms with E-state index >= 15 is 0 Å². The summed E-state index contributed by atoms with van der Waals surface area (Å²) in [7, 11) is 1.33. The van der Waals surface area contributed by atoms with E-state index < -0.39 is 35.8 Å². The predicted octanol–water partition coefficient (Wildman–Crippen LogP) is 0.806. The molecule has 0 heterocycles. The third-order valence-corrected chi connectivity index (χ3v) is 3.40. The minimum atomic E-state index is -1.18. The fourth-order valence-electron chi connectivity index (χ4n) is 1.81. The highest BCUT2D eigenvalue weighted by atomic mass is 16.6. The van der Waals surface area contributed by atoms with Gasteiger partial charge in [-0.25, -0.2) is 4.79 Å². The number of ketones is 1. The molecule has 0 radical (unpaired) electrons. The highest BCUT2D eigenvalue weighted by Gasteiger charge is 2.27. The zero-order valence-electron chi connectivity index (χ0n) is 14.8. The van der Waals surface area contributed by atoms with Gasteiger partial charge in [-0.3, -0.25) is 14.4 Å². The maximum absolute atomic E-state index is 12.1. The lowest BCUT2D eigenvalue weighted by molar-refractivity contribution is -0.162. The first-order valence-corrected chi connectivity index (χ1v) is 8.13. The third kappa shape index (κ3) is 10.2. The number of carbonyl (C=O) groups is 4. The zero-order chi connectivity index (χ0) is 19.2. The van der Waals surface area contributed by atoms with E-state index in [2.05, 4.69) is 10.1 Å². The average molecular weight is 355 g/mol. The summed E-state index contributed by atoms with van der Waals surface area (Å²) in [5.74, 6) is -2.73. The number of unbranched alkanes of at least 4 members (excludes halogenated alkanes) is 2. The van der Waals surface area contributed by atoms with Gasteiger partial charge < -0.3 is 20.3 Å². The first kappa shape index (κ1) is 22.6. The van der Waals surface area contributed by atoms with Crippen LogP contribution in [0.15, 0.2) is 0 Å². The number of hydrogen-bond donors (Lipinski definition) is 1. The Morgan fingerprint density at radius 2 is 1.88 bits per heavy atom. The third-order valence-electron chi connectivity index (χ3n) is 3.40. The van der Waals surface area contributed by atoms with E-state index in [1.165, 1.54) is 14.0 Å². The number of rotatable bonds is 12. The van der Waals surface area contributed by atoms with Crippen molar-refractivity contribution in [3.8, 4) is 0 Å². The van der Waals surface area contributed by atoms with Gasteiger partial charge in [0.2, 0.25) is 11.7 Å². The summed E-state index contributed by atoms with van der Waals surface area (Å²) in [6.45, 7) is 3.46. The number of methoxy groups -OCH3 is 1. The fourth-order valence-corrected chi connectivity index (χ4v) is 1.81. The summed E-state index contributed by atoms with van der Waals surface area (Å²) < 4.78 is 9.59. The Labute approximate surface area is 146 Å². The normalized spacial score (nSPS) is 12.4. The molecular formula is C16H25N3O6. The van der Waals surface area contributed by atoms with Crippen molar-refractivity contribution in [3.05, 3.63) is 5.53 Å². The fraction of sp³-hybridized carbons (Fsp3) is 0.688. The molecule has 0 aromatic carbocycles. The van der Waals surface area contributed by atoms with Gasteiger partial charge >= 0.3 is 18.2 Å². The van der Waals surface area contributed by atoms with Crippen LogP contribution in [0.2, 0.25) is 0 Å². The molecule has 1 amide bonds. The van der Waals surface area contributed by atoms with Crippen molar-refractivity contribution >= 4 is 29.8 Å². The number of amides is 1. The molecule has 0 aliphatic rings. The van der Waals surface area contributed by atoms with Crippen molar-refractivity contribution in [1.29, 1.82) is 0 Å². The van der Waals surface area contributed by atoms with Crippen molar-refractivity contribution in [2.75, 3.05) is 7.11 Å². The maximum atomic E-state index is 12.1. The Morgan fingerprint density at radius 3 is 2.44 bits per heavy atom. The lowest BCUT2D eigenvalue weighted by Gasteiger charge is -2.18. The van der Waals surface area contributed by atoms with E-state index in [4.69, 9.17) is 15.0 Å². The molecule has 25 heavy (non-hydrogen) atoms. The Bertz CT molecular complexity index is 528. The number of nitrogens with one attached hydrogen (secondary N) is 1. The summed E-state index contributed by atoms with van der Waals surface area (Å²) in [5, 5.41) is 2.39. The van der Waals surface area contributed by atoms with E-state index in [1.54, 1.807) is 0 Å². The standard InChI is InChI=1S/C16H25N3O6/c1-4-5-6-7-14(21)25-16(23)13(9-8-12(20)10-18-17)19-15(22)11(2)24-3/h10-11,13H,4-9H2,1-3H3,(H,19,22). The number of ether oxygens (including phenoxy) is 2. The Morgan fingerprint density at radius 1 is 1.20 bits per heavy atom. The first-order chi connectivity index (χ1) is 11.8. The lowest BCUT2D eigenvalue weighted by Crippen LogP contribution is -2.46. The number of carbonyl (C=O) groups excluding carboxylic acids is 4. The summed E-state index contributed by atoms with van der Waals surface area (Å²) in [6.07, 6.45) is 2.07. The quantitative estimate of drug-likeness (QED) is 0.137. The molecule has 0 saturated carbocycles. The zero-order valence-corrected chi connectivity index (χ0v) is 14.8. The van der Waals surface area contributed by atoms with Crippen LogP contribution in [0.3, 0.4) is 0 Å². The van der Waals surface area contributed by atoms with Gasteiger partial charge in [0.15, 0.2) is 0 Å². The van der Waals surface area contributed by atoms with Crippen LogP contribution in [0.25, 0.3) is 5.53 Å². The van der Waals surface area contributed by atoms with Crippen LogP contribution in [-0.2, 0) is 28.7 Å². The van der Waals surface area contributed by atoms with Gasteiger partial charge in [-0.1, -0.05) is 19.8 Å². The molecular weight excluding hydrogens is 330 g/mol. The Kier molecular flexibility index (Phi) is 11.7. The molecule has 0 aliphatic carbocycles. The van der Waals surface area contributed by atoms with Gasteiger partial charge in [0.1, 0.15) is 12.1 Å². The van der Waals surface area contributed by atoms with Gasteiger partial charge in [0, 0.05) is 20.0 Å². The molecule has 0 fully saturated rings. The second-order valence-electron chi connectivity index (χ2n) is 5.44. The molecule has 0 aromatic heterocycles. The van der Waals surface area contributed by atoms with Crippen molar-refractivity contribution in [2.24, 2.45) is 0 Å². The second kappa shape index (κ2) is 13.0. The molecule has 2 unspecified atom stereocenters. The molecule has 0 aliphatic heterocycles. The van der Waals surface area contributed by atoms with E-state index in [1.807, 2.05) is 6.92 Å². The van der Waals surface area contributed by atoms with Crippen LogP contribution in [0.5, 0.6) is 0 Å². The summed E-state index contributed by atoms with van der Waals surface area (Å²) in [4.78, 5) is 49.6. The molecule has 2 atom stereocenters. The van der Waals surface area contributed by atoms with Crippen LogP contribution < -0.4 is 5.32 Å². The number of esters is 2. The Hall–Kier alpha value is -2.38. The SMILES string of the molecule is CCCCCC(=O)OC(=O)C(CCC(=O)C=[N+]=[N-])NC(=O)C(C)OC. The number of hydrogen-bond acceptors (Lipinski definition) is 6. The topological polar surface area (TPSA) is 135 Å². The van der Waals surface area contributed by atoms with E-state index in [0.29, 0.717) is 12.6 Å². The van der Waals surface area contributed by atoms with E-state index in [-0.39, 0.29) is 19.3 Å². The van der Waals surface area contributed by atoms with Gasteiger partial charge in [-0.2, -0.15) is 4.79 Å². The molecule has 0 aromatic rings. The van der Waals surface area contributed by atoms with Gasteiger partial charge in [-0.05, 0) is 19.8 Å². The van der Waals surface area contributed by atoms with Crippen molar-refractivity contribution in [2.45, 2.75) is 64.5 Å². The Balaban J connectivity index is 4.81. The summed E-state index contributed by atoms with van der Waals surface area (Å²) >= 11 is 0. The van der Waals surface area contributed by atoms with E-state index in [9.17, 15) is 19.2 Å². The van der Waals surface area contributed by atoms with Gasteiger partial charge in [0.05, 0.1) is 0 Å². The maximum Gasteiger partial charge on any atom is 0.336 e. The van der Waals surface area contributed by atoms with Gasteiger partial charge in [-0.15, -0.1) is 0 Å². The summed E-state index contributed by atoms with van der Waals surface area (Å²) in [6, 6.07) is -1.18. The molecule has 9 heteroatoms. The molecule has 9 nitrogen and oxygen atoms in total. The minimum Gasteiger partial charge on any atom is -0.392 e. The lowest BCUT2D eigenvalue weighted by atomic mass is 10.1. The average Bonchev–Trinajstić information content (AvgIpc) is 2.57. The predicted molar refractivity (Wildman–Crippen MR) is 87.6 cm³/mol. The summed E-state index contributed by atoms with van der Waals surface area (Å²) in [5.41, 5.74) is 8.31. The monoisotopic (exact) mass is 355 g/mol. The van der Waals surface area contributed by atoms with E-state index in [0.717, 1.165) is 12.8 Å². The molecule has 0 rings (SSSR count).